The molecule has 1 aliphatic rings. The van der Waals surface area contributed by atoms with Gasteiger partial charge in [-0.15, -0.1) is 10.2 Å². The highest BCUT2D eigenvalue weighted by molar-refractivity contribution is 8.01. The Balaban J connectivity index is 1.62. The summed E-state index contributed by atoms with van der Waals surface area (Å²) in [6, 6.07) is 15.5. The van der Waals surface area contributed by atoms with E-state index >= 15 is 0 Å². The number of para-hydroxylation sites is 1. The Morgan fingerprint density at radius 2 is 1.72 bits per heavy atom. The first-order valence-electron chi connectivity index (χ1n) is 11.9. The van der Waals surface area contributed by atoms with Crippen LogP contribution in [0.2, 0.25) is 0 Å². The average molecular weight is 512 g/mol. The monoisotopic (exact) mass is 511 g/mol. The van der Waals surface area contributed by atoms with Crippen LogP contribution < -0.4 is 14.2 Å². The van der Waals surface area contributed by atoms with Crippen LogP contribution in [0.4, 0.5) is 10.7 Å². The molecular formula is C26H33N5O4S. The Morgan fingerprint density at radius 3 is 2.36 bits per heavy atom. The number of carbonyl (C=O) groups excluding carboxylic acids is 1. The molecule has 192 valence electrons. The lowest BCUT2D eigenvalue weighted by Gasteiger charge is -2.33. The molecule has 2 aromatic carbocycles. The van der Waals surface area contributed by atoms with Crippen molar-refractivity contribution in [1.29, 1.82) is 0 Å². The van der Waals surface area contributed by atoms with E-state index in [-0.39, 0.29) is 11.3 Å². The van der Waals surface area contributed by atoms with Gasteiger partial charge in [0.1, 0.15) is 22.8 Å². The highest BCUT2D eigenvalue weighted by Gasteiger charge is 2.29. The molecule has 1 unspecified atom stereocenters. The minimum Gasteiger partial charge on any atom is -0.494 e. The van der Waals surface area contributed by atoms with Crippen molar-refractivity contribution >= 4 is 24.0 Å². The number of likely N-dealkylation sites (tertiary alicyclic amines) is 1. The first-order valence-corrected chi connectivity index (χ1v) is 12.8. The summed E-state index contributed by atoms with van der Waals surface area (Å²) in [5, 5.41) is 9.14. The van der Waals surface area contributed by atoms with Gasteiger partial charge in [-0.1, -0.05) is 36.4 Å². The second kappa shape index (κ2) is 11.1. The van der Waals surface area contributed by atoms with Gasteiger partial charge in [-0.25, -0.2) is 4.79 Å². The van der Waals surface area contributed by atoms with E-state index in [9.17, 15) is 4.79 Å². The van der Waals surface area contributed by atoms with Crippen molar-refractivity contribution in [2.24, 2.45) is 0 Å². The standard InChI is InChI=1S/C26H33N5O4S/c1-26(2,3)35-25(32)30-16-10-13-19(17-30)36-29-24-28-27-23(18-11-7-6-8-12-18)31(24)22-20(33-4)14-9-15-21(22)34-5/h6-9,11-12,14-15,19H,10,13,16-17H2,1-5H3,(H,28,29). The maximum absolute atomic E-state index is 12.6. The first-order chi connectivity index (χ1) is 17.3. The molecule has 3 aromatic rings. The highest BCUT2D eigenvalue weighted by atomic mass is 32.2. The molecule has 1 amide bonds. The van der Waals surface area contributed by atoms with E-state index in [0.29, 0.717) is 42.0 Å². The van der Waals surface area contributed by atoms with Crippen molar-refractivity contribution in [3.05, 3.63) is 48.5 Å². The minimum absolute atomic E-state index is 0.163. The van der Waals surface area contributed by atoms with Gasteiger partial charge in [0.15, 0.2) is 5.82 Å². The molecule has 1 saturated heterocycles. The highest BCUT2D eigenvalue weighted by Crippen LogP contribution is 2.38. The third-order valence-corrected chi connectivity index (χ3v) is 6.69. The molecule has 0 bridgehead atoms. The van der Waals surface area contributed by atoms with Crippen LogP contribution >= 0.6 is 11.9 Å². The summed E-state index contributed by atoms with van der Waals surface area (Å²) < 4.78 is 22.2. The van der Waals surface area contributed by atoms with Crippen molar-refractivity contribution in [1.82, 2.24) is 19.7 Å². The van der Waals surface area contributed by atoms with E-state index in [1.165, 1.54) is 11.9 Å². The first kappa shape index (κ1) is 25.7. The molecule has 1 aromatic heterocycles. The molecule has 0 radical (unpaired) electrons. The number of methoxy groups -OCH3 is 2. The molecular weight excluding hydrogens is 478 g/mol. The van der Waals surface area contributed by atoms with Crippen LogP contribution in [0.15, 0.2) is 48.5 Å². The van der Waals surface area contributed by atoms with Gasteiger partial charge in [0, 0.05) is 23.9 Å². The number of nitrogens with one attached hydrogen (secondary N) is 1. The van der Waals surface area contributed by atoms with Gasteiger partial charge in [0.2, 0.25) is 5.95 Å². The number of piperidine rings is 1. The Labute approximate surface area is 216 Å². The fourth-order valence-corrected chi connectivity index (χ4v) is 4.99. The smallest absolute Gasteiger partial charge is 0.410 e. The van der Waals surface area contributed by atoms with Crippen molar-refractivity contribution in [3.8, 4) is 28.6 Å². The minimum atomic E-state index is -0.520. The maximum Gasteiger partial charge on any atom is 0.410 e. The van der Waals surface area contributed by atoms with Crippen LogP contribution in [-0.2, 0) is 4.74 Å². The lowest BCUT2D eigenvalue weighted by atomic mass is 10.1. The predicted molar refractivity (Wildman–Crippen MR) is 142 cm³/mol. The van der Waals surface area contributed by atoms with Crippen LogP contribution in [0.3, 0.4) is 0 Å². The summed E-state index contributed by atoms with van der Waals surface area (Å²) >= 11 is 1.53. The zero-order valence-corrected chi connectivity index (χ0v) is 22.2. The number of hydrogen-bond donors (Lipinski definition) is 1. The average Bonchev–Trinajstić information content (AvgIpc) is 3.30. The van der Waals surface area contributed by atoms with E-state index in [2.05, 4.69) is 14.9 Å². The molecule has 10 heteroatoms. The molecule has 1 fully saturated rings. The summed E-state index contributed by atoms with van der Waals surface area (Å²) in [5.74, 6) is 2.46. The number of benzene rings is 2. The summed E-state index contributed by atoms with van der Waals surface area (Å²) in [4.78, 5) is 14.4. The number of rotatable bonds is 7. The summed E-state index contributed by atoms with van der Waals surface area (Å²) in [5.41, 5.74) is 1.09. The number of carbonyl (C=O) groups is 1. The van der Waals surface area contributed by atoms with Gasteiger partial charge < -0.3 is 19.1 Å². The van der Waals surface area contributed by atoms with Crippen LogP contribution in [0.25, 0.3) is 17.1 Å². The van der Waals surface area contributed by atoms with Gasteiger partial charge in [0.05, 0.1) is 14.2 Å². The van der Waals surface area contributed by atoms with E-state index in [4.69, 9.17) is 14.2 Å². The number of aromatic nitrogens is 3. The van der Waals surface area contributed by atoms with Crippen molar-refractivity contribution in [2.75, 3.05) is 32.0 Å². The normalized spacial score (nSPS) is 15.9. The molecule has 1 aliphatic heterocycles. The van der Waals surface area contributed by atoms with E-state index in [1.54, 1.807) is 19.1 Å². The number of anilines is 1. The van der Waals surface area contributed by atoms with E-state index < -0.39 is 5.60 Å². The van der Waals surface area contributed by atoms with Gasteiger partial charge in [-0.3, -0.25) is 9.29 Å². The largest absolute Gasteiger partial charge is 0.494 e. The molecule has 0 spiro atoms. The van der Waals surface area contributed by atoms with Crippen molar-refractivity contribution < 1.29 is 19.0 Å². The van der Waals surface area contributed by atoms with E-state index in [1.807, 2.05) is 73.9 Å². The Kier molecular flexibility index (Phi) is 7.93. The Hall–Kier alpha value is -3.40. The van der Waals surface area contributed by atoms with Crippen LogP contribution in [0.1, 0.15) is 33.6 Å². The number of nitrogens with zero attached hydrogens (tertiary/aromatic N) is 4. The summed E-state index contributed by atoms with van der Waals surface area (Å²) in [7, 11) is 3.25. The van der Waals surface area contributed by atoms with Gasteiger partial charge in [-0.2, -0.15) is 0 Å². The molecule has 1 N–H and O–H groups in total. The third-order valence-electron chi connectivity index (χ3n) is 5.67. The molecule has 4 rings (SSSR count). The molecule has 9 nitrogen and oxygen atoms in total. The van der Waals surface area contributed by atoms with Gasteiger partial charge in [0.25, 0.3) is 0 Å². The second-order valence-electron chi connectivity index (χ2n) is 9.47. The van der Waals surface area contributed by atoms with Crippen molar-refractivity contribution in [3.63, 3.8) is 0 Å². The number of amides is 1. The molecule has 1 atom stereocenters. The van der Waals surface area contributed by atoms with Gasteiger partial charge in [-0.05, 0) is 57.7 Å². The second-order valence-corrected chi connectivity index (χ2v) is 10.6. The fourth-order valence-electron chi connectivity index (χ4n) is 4.05. The number of hydrogen-bond acceptors (Lipinski definition) is 8. The summed E-state index contributed by atoms with van der Waals surface area (Å²) in [6.07, 6.45) is 1.59. The summed E-state index contributed by atoms with van der Waals surface area (Å²) in [6.45, 7) is 6.92. The van der Waals surface area contributed by atoms with Crippen LogP contribution in [0, 0.1) is 0 Å². The lowest BCUT2D eigenvalue weighted by Crippen LogP contribution is -2.44. The topological polar surface area (TPSA) is 90.7 Å². The molecule has 2 heterocycles. The van der Waals surface area contributed by atoms with Gasteiger partial charge >= 0.3 is 6.09 Å². The van der Waals surface area contributed by atoms with Crippen LogP contribution in [0.5, 0.6) is 11.5 Å². The SMILES string of the molecule is COc1cccc(OC)c1-n1c(NSC2CCCN(C(=O)OC(C)(C)C)C2)nnc1-c1ccccc1. The molecule has 0 saturated carbocycles. The Morgan fingerprint density at radius 1 is 1.03 bits per heavy atom. The zero-order valence-electron chi connectivity index (χ0n) is 21.4. The van der Waals surface area contributed by atoms with Crippen molar-refractivity contribution in [2.45, 2.75) is 44.5 Å². The van der Waals surface area contributed by atoms with Crippen LogP contribution in [-0.4, -0.2) is 63.9 Å². The lowest BCUT2D eigenvalue weighted by molar-refractivity contribution is 0.0220. The predicted octanol–water partition coefficient (Wildman–Crippen LogP) is 5.41. The molecule has 36 heavy (non-hydrogen) atoms. The Bertz CT molecular complexity index is 1160. The quantitative estimate of drug-likeness (QED) is 0.421. The fraction of sp³-hybridized carbons (Fsp3) is 0.423. The van der Waals surface area contributed by atoms with E-state index in [0.717, 1.165) is 18.4 Å². The number of ether oxygens (including phenoxy) is 3. The maximum atomic E-state index is 12.6. The zero-order chi connectivity index (χ0) is 25.7. The third kappa shape index (κ3) is 5.87. The molecule has 0 aliphatic carbocycles.